The van der Waals surface area contributed by atoms with E-state index in [2.05, 4.69) is 37.7 Å². The molecular formula is C17H20N6O. The molecular weight excluding hydrogens is 304 g/mol. The smallest absolute Gasteiger partial charge is 0.200 e. The number of nitrogens with zero attached hydrogens (tertiary/aromatic N) is 6. The third-order valence-corrected chi connectivity index (χ3v) is 4.60. The van der Waals surface area contributed by atoms with Crippen molar-refractivity contribution in [2.24, 2.45) is 5.92 Å². The van der Waals surface area contributed by atoms with E-state index >= 15 is 0 Å². The minimum Gasteiger partial charge on any atom is -0.496 e. The molecule has 0 saturated carbocycles. The molecule has 4 rings (SSSR count). The Hall–Kier alpha value is -2.70. The zero-order chi connectivity index (χ0) is 16.4. The van der Waals surface area contributed by atoms with Crippen LogP contribution >= 0.6 is 0 Å². The Morgan fingerprint density at radius 2 is 2.12 bits per heavy atom. The van der Waals surface area contributed by atoms with Crippen LogP contribution in [0.5, 0.6) is 5.75 Å². The van der Waals surface area contributed by atoms with E-state index < -0.39 is 0 Å². The van der Waals surface area contributed by atoms with Crippen LogP contribution in [0.1, 0.15) is 18.4 Å². The number of hydrogen-bond donors (Lipinski definition) is 0. The Morgan fingerprint density at radius 1 is 1.21 bits per heavy atom. The predicted molar refractivity (Wildman–Crippen MR) is 90.2 cm³/mol. The van der Waals surface area contributed by atoms with E-state index in [0.29, 0.717) is 11.6 Å². The molecule has 24 heavy (non-hydrogen) atoms. The second kappa shape index (κ2) is 6.43. The molecule has 3 heterocycles. The van der Waals surface area contributed by atoms with Crippen LogP contribution in [0.25, 0.3) is 5.65 Å². The number of aromatic nitrogens is 5. The van der Waals surface area contributed by atoms with Crippen molar-refractivity contribution in [2.75, 3.05) is 25.1 Å². The molecule has 0 aliphatic carbocycles. The molecule has 0 amide bonds. The van der Waals surface area contributed by atoms with Crippen molar-refractivity contribution in [3.8, 4) is 5.75 Å². The highest BCUT2D eigenvalue weighted by molar-refractivity contribution is 5.44. The highest BCUT2D eigenvalue weighted by atomic mass is 16.5. The van der Waals surface area contributed by atoms with Crippen molar-refractivity contribution in [3.05, 3.63) is 42.0 Å². The first-order valence-electron chi connectivity index (χ1n) is 8.26. The van der Waals surface area contributed by atoms with Crippen molar-refractivity contribution in [1.29, 1.82) is 0 Å². The number of para-hydroxylation sites is 1. The van der Waals surface area contributed by atoms with Crippen molar-refractivity contribution >= 4 is 11.5 Å². The maximum absolute atomic E-state index is 5.49. The summed E-state index contributed by atoms with van der Waals surface area (Å²) in [6.45, 7) is 2.00. The van der Waals surface area contributed by atoms with Crippen LogP contribution in [-0.2, 0) is 6.42 Å². The zero-order valence-corrected chi connectivity index (χ0v) is 13.7. The van der Waals surface area contributed by atoms with Crippen LogP contribution in [0, 0.1) is 5.92 Å². The van der Waals surface area contributed by atoms with E-state index in [1.807, 2.05) is 24.3 Å². The molecule has 1 aromatic carbocycles. The first-order valence-corrected chi connectivity index (χ1v) is 8.26. The van der Waals surface area contributed by atoms with Crippen LogP contribution in [0.15, 0.2) is 36.4 Å². The molecule has 3 aromatic rings. The summed E-state index contributed by atoms with van der Waals surface area (Å²) in [6.07, 6.45) is 3.41. The number of rotatable bonds is 4. The molecule has 1 saturated heterocycles. The van der Waals surface area contributed by atoms with Gasteiger partial charge in [-0.05, 0) is 59.4 Å². The lowest BCUT2D eigenvalue weighted by atomic mass is 9.91. The van der Waals surface area contributed by atoms with Gasteiger partial charge in [-0.25, -0.2) is 0 Å². The maximum Gasteiger partial charge on any atom is 0.200 e. The van der Waals surface area contributed by atoms with Gasteiger partial charge in [0.2, 0.25) is 0 Å². The average Bonchev–Trinajstić information content (AvgIpc) is 3.10. The summed E-state index contributed by atoms with van der Waals surface area (Å²) >= 11 is 0. The Morgan fingerprint density at radius 3 is 3.04 bits per heavy atom. The van der Waals surface area contributed by atoms with Gasteiger partial charge in [-0.1, -0.05) is 18.2 Å². The van der Waals surface area contributed by atoms with Gasteiger partial charge in [0.15, 0.2) is 11.5 Å². The Balaban J connectivity index is 1.50. The Bertz CT molecular complexity index is 833. The average molecular weight is 324 g/mol. The van der Waals surface area contributed by atoms with Crippen LogP contribution in [0.2, 0.25) is 0 Å². The molecule has 1 fully saturated rings. The standard InChI is InChI=1S/C17H20N6O/c1-24-15-7-3-2-6-14(15)11-13-5-4-10-22(12-13)17-9-8-16-18-20-21-23(16)19-17/h2-3,6-9,13H,4-5,10-12H2,1H3. The van der Waals surface area contributed by atoms with Crippen LogP contribution in [0.4, 0.5) is 5.82 Å². The van der Waals surface area contributed by atoms with Gasteiger partial charge in [-0.3, -0.25) is 0 Å². The summed E-state index contributed by atoms with van der Waals surface area (Å²) in [6, 6.07) is 12.2. The SMILES string of the molecule is COc1ccccc1CC1CCCN(c2ccc3nnnn3n2)C1. The van der Waals surface area contributed by atoms with Gasteiger partial charge < -0.3 is 9.64 Å². The van der Waals surface area contributed by atoms with Crippen LogP contribution in [0.3, 0.4) is 0 Å². The second-order valence-corrected chi connectivity index (χ2v) is 6.19. The van der Waals surface area contributed by atoms with Gasteiger partial charge in [-0.15, -0.1) is 14.8 Å². The predicted octanol–water partition coefficient (Wildman–Crippen LogP) is 1.99. The highest BCUT2D eigenvalue weighted by Gasteiger charge is 2.22. The number of ether oxygens (including phenoxy) is 1. The monoisotopic (exact) mass is 324 g/mol. The number of benzene rings is 1. The number of tetrazole rings is 1. The number of fused-ring (bicyclic) bond motifs is 1. The molecule has 1 unspecified atom stereocenters. The van der Waals surface area contributed by atoms with E-state index in [0.717, 1.165) is 37.5 Å². The maximum atomic E-state index is 5.49. The van der Waals surface area contributed by atoms with E-state index in [9.17, 15) is 0 Å². The van der Waals surface area contributed by atoms with Crippen LogP contribution in [-0.4, -0.2) is 45.5 Å². The van der Waals surface area contributed by atoms with Gasteiger partial charge in [-0.2, -0.15) is 0 Å². The molecule has 0 radical (unpaired) electrons. The molecule has 1 aliphatic rings. The minimum atomic E-state index is 0.585. The summed E-state index contributed by atoms with van der Waals surface area (Å²) in [4.78, 5) is 2.32. The van der Waals surface area contributed by atoms with Crippen molar-refractivity contribution in [1.82, 2.24) is 25.3 Å². The topological polar surface area (TPSA) is 68.4 Å². The number of hydrogen-bond acceptors (Lipinski definition) is 6. The summed E-state index contributed by atoms with van der Waals surface area (Å²) in [7, 11) is 1.73. The molecule has 0 bridgehead atoms. The first-order chi connectivity index (χ1) is 11.8. The normalized spacial score (nSPS) is 18.0. The van der Waals surface area contributed by atoms with Gasteiger partial charge >= 0.3 is 0 Å². The molecule has 1 atom stereocenters. The Labute approximate surface area is 140 Å². The second-order valence-electron chi connectivity index (χ2n) is 6.19. The number of methoxy groups -OCH3 is 1. The lowest BCUT2D eigenvalue weighted by molar-refractivity contribution is 0.385. The molecule has 2 aromatic heterocycles. The fourth-order valence-corrected chi connectivity index (χ4v) is 3.43. The molecule has 0 spiro atoms. The van der Waals surface area contributed by atoms with Gasteiger partial charge in [0.05, 0.1) is 7.11 Å². The highest BCUT2D eigenvalue weighted by Crippen LogP contribution is 2.27. The van der Waals surface area contributed by atoms with Gasteiger partial charge in [0.25, 0.3) is 0 Å². The van der Waals surface area contributed by atoms with Gasteiger partial charge in [0, 0.05) is 13.1 Å². The third kappa shape index (κ3) is 2.89. The Kier molecular flexibility index (Phi) is 3.98. The molecule has 124 valence electrons. The quantitative estimate of drug-likeness (QED) is 0.731. The largest absolute Gasteiger partial charge is 0.496 e. The summed E-state index contributed by atoms with van der Waals surface area (Å²) in [5.41, 5.74) is 1.94. The van der Waals surface area contributed by atoms with Gasteiger partial charge in [0.1, 0.15) is 5.75 Å². The van der Waals surface area contributed by atoms with E-state index in [4.69, 9.17) is 4.74 Å². The minimum absolute atomic E-state index is 0.585. The fraction of sp³-hybridized carbons (Fsp3) is 0.412. The van der Waals surface area contributed by atoms with E-state index in [1.165, 1.54) is 16.6 Å². The number of anilines is 1. The van der Waals surface area contributed by atoms with Crippen molar-refractivity contribution in [3.63, 3.8) is 0 Å². The van der Waals surface area contributed by atoms with Crippen LogP contribution < -0.4 is 9.64 Å². The van der Waals surface area contributed by atoms with E-state index in [1.54, 1.807) is 7.11 Å². The first kappa shape index (κ1) is 14.9. The molecule has 0 N–H and O–H groups in total. The zero-order valence-electron chi connectivity index (χ0n) is 13.7. The molecule has 7 heteroatoms. The van der Waals surface area contributed by atoms with E-state index in [-0.39, 0.29) is 0 Å². The summed E-state index contributed by atoms with van der Waals surface area (Å²) < 4.78 is 6.97. The molecule has 1 aliphatic heterocycles. The summed E-state index contributed by atoms with van der Waals surface area (Å²) in [5, 5.41) is 15.9. The molecule has 7 nitrogen and oxygen atoms in total. The lowest BCUT2D eigenvalue weighted by Crippen LogP contribution is -2.37. The van der Waals surface area contributed by atoms with Crippen molar-refractivity contribution < 1.29 is 4.74 Å². The number of piperidine rings is 1. The third-order valence-electron chi connectivity index (χ3n) is 4.60. The summed E-state index contributed by atoms with van der Waals surface area (Å²) in [5.74, 6) is 2.49. The van der Waals surface area contributed by atoms with Crippen molar-refractivity contribution in [2.45, 2.75) is 19.3 Å². The lowest BCUT2D eigenvalue weighted by Gasteiger charge is -2.33. The fourth-order valence-electron chi connectivity index (χ4n) is 3.43.